The summed E-state index contributed by atoms with van der Waals surface area (Å²) in [6, 6.07) is 5.30. The molecule has 0 amide bonds. The van der Waals surface area contributed by atoms with E-state index in [2.05, 4.69) is 0 Å². The van der Waals surface area contributed by atoms with Crippen molar-refractivity contribution < 1.29 is 42.7 Å². The second kappa shape index (κ2) is 9.20. The van der Waals surface area contributed by atoms with Crippen LogP contribution in [0.1, 0.15) is 32.1 Å². The van der Waals surface area contributed by atoms with E-state index < -0.39 is 13.9 Å². The van der Waals surface area contributed by atoms with Gasteiger partial charge < -0.3 is 29.1 Å². The van der Waals surface area contributed by atoms with Gasteiger partial charge in [0, 0.05) is 18.9 Å². The van der Waals surface area contributed by atoms with Crippen molar-refractivity contribution in [3.63, 3.8) is 0 Å². The number of likely N-dealkylation sites (tertiary alicyclic amines) is 1. The number of aliphatic hydroxyl groups is 1. The van der Waals surface area contributed by atoms with Crippen LogP contribution in [-0.2, 0) is 9.09 Å². The summed E-state index contributed by atoms with van der Waals surface area (Å²) < 4.78 is 33.2. The Bertz CT molecular complexity index is 741. The van der Waals surface area contributed by atoms with E-state index in [1.807, 2.05) is 6.07 Å². The van der Waals surface area contributed by atoms with Gasteiger partial charge in [-0.2, -0.15) is 0 Å². The van der Waals surface area contributed by atoms with Crippen molar-refractivity contribution in [2.45, 2.75) is 50.4 Å². The molecule has 1 saturated heterocycles. The largest absolute Gasteiger partial charge is 0.756 e. The van der Waals surface area contributed by atoms with Crippen molar-refractivity contribution >= 4 is 7.82 Å². The van der Waals surface area contributed by atoms with Crippen LogP contribution in [0.5, 0.6) is 17.2 Å². The number of quaternary nitrogens is 1. The van der Waals surface area contributed by atoms with Crippen LogP contribution in [-0.4, -0.2) is 66.8 Å². The molecule has 2 aliphatic rings. The van der Waals surface area contributed by atoms with Gasteiger partial charge in [-0.25, -0.2) is 0 Å². The molecular formula is C19H30NO8P. The van der Waals surface area contributed by atoms with Crippen molar-refractivity contribution in [1.29, 1.82) is 0 Å². The summed E-state index contributed by atoms with van der Waals surface area (Å²) in [4.78, 5) is 20.3. The molecule has 0 aromatic heterocycles. The quantitative estimate of drug-likeness (QED) is 0.469. The molecule has 0 radical (unpaired) electrons. The third kappa shape index (κ3) is 5.42. The summed E-state index contributed by atoms with van der Waals surface area (Å²) >= 11 is 0. The van der Waals surface area contributed by atoms with Crippen LogP contribution in [0.15, 0.2) is 18.2 Å². The number of hydrogen-bond acceptors (Lipinski definition) is 7. The number of phosphoric acid groups is 1. The van der Waals surface area contributed by atoms with E-state index in [-0.39, 0.29) is 23.4 Å². The van der Waals surface area contributed by atoms with Gasteiger partial charge in [0.2, 0.25) is 0 Å². The molecule has 0 spiro atoms. The molecule has 2 fully saturated rings. The van der Waals surface area contributed by atoms with Gasteiger partial charge in [-0.15, -0.1) is 0 Å². The highest BCUT2D eigenvalue weighted by molar-refractivity contribution is 7.44. The molecule has 0 bridgehead atoms. The fourth-order valence-electron chi connectivity index (χ4n) is 4.62. The second-order valence-corrected chi connectivity index (χ2v) is 9.01. The Kier molecular flexibility index (Phi) is 7.09. The smallest absolute Gasteiger partial charge is 0.269 e. The zero-order valence-electron chi connectivity index (χ0n) is 16.9. The Morgan fingerprint density at radius 2 is 1.90 bits per heavy atom. The summed E-state index contributed by atoms with van der Waals surface area (Å²) in [5.74, 6) is 1.80. The minimum atomic E-state index is -4.86. The molecule has 164 valence electrons. The number of methoxy groups -OCH3 is 2. The van der Waals surface area contributed by atoms with E-state index in [1.165, 1.54) is 0 Å². The Morgan fingerprint density at radius 3 is 2.52 bits per heavy atom. The molecule has 1 aromatic rings. The third-order valence-electron chi connectivity index (χ3n) is 5.97. The first-order valence-corrected chi connectivity index (χ1v) is 11.4. The predicted octanol–water partition coefficient (Wildman–Crippen LogP) is 1.41. The Balaban J connectivity index is 1.82. The molecule has 9 nitrogen and oxygen atoms in total. The molecule has 1 saturated carbocycles. The van der Waals surface area contributed by atoms with Crippen molar-refractivity contribution in [2.75, 3.05) is 34.0 Å². The number of nitrogens with zero attached hydrogens (tertiary/aromatic N) is 1. The summed E-state index contributed by atoms with van der Waals surface area (Å²) in [5, 5.41) is 10.2. The molecule has 1 unspecified atom stereocenters. The average Bonchev–Trinajstić information content (AvgIpc) is 3.08. The van der Waals surface area contributed by atoms with E-state index in [1.54, 1.807) is 26.4 Å². The molecule has 1 aliphatic carbocycles. The summed E-state index contributed by atoms with van der Waals surface area (Å²) in [7, 11) is -1.73. The maximum absolute atomic E-state index is 11.2. The van der Waals surface area contributed by atoms with Crippen LogP contribution in [0.4, 0.5) is 0 Å². The van der Waals surface area contributed by atoms with Crippen molar-refractivity contribution in [1.82, 2.24) is 0 Å². The SMILES string of the molecule is COc1ccc(O[C@H]2CCCC[C@H]2[N@+]2(COP(=O)([O-])O)CC[C@@H](O)C2)cc1OC. The molecular weight excluding hydrogens is 401 g/mol. The Labute approximate surface area is 171 Å². The standard InChI is InChI=1S/C19H30NO8P/c1-25-18-8-7-15(11-19(18)26-2)28-17-6-4-3-5-16(17)20(10-9-14(21)12-20)13-27-29(22,23)24/h7-8,11,14,16-17,21H,3-6,9-10,12-13H2,1-2H3,(H-,22,23,24)/t14-,16-,17+,20-/m1/s1. The predicted molar refractivity (Wildman–Crippen MR) is 103 cm³/mol. The van der Waals surface area contributed by atoms with Crippen molar-refractivity contribution in [3.05, 3.63) is 18.2 Å². The number of ether oxygens (including phenoxy) is 3. The first kappa shape index (κ1) is 22.3. The fraction of sp³-hybridized carbons (Fsp3) is 0.684. The summed E-state index contributed by atoms with van der Waals surface area (Å²) in [5.41, 5.74) is 0. The van der Waals surface area contributed by atoms with E-state index in [0.29, 0.717) is 36.8 Å². The number of phosphoric ester groups is 1. The molecule has 10 heteroatoms. The van der Waals surface area contributed by atoms with Gasteiger partial charge in [-0.3, -0.25) is 13.6 Å². The zero-order chi connectivity index (χ0) is 21.1. The third-order valence-corrected chi connectivity index (χ3v) is 6.42. The molecule has 1 aliphatic heterocycles. The lowest BCUT2D eigenvalue weighted by Crippen LogP contribution is -2.61. The maximum Gasteiger partial charge on any atom is 0.269 e. The minimum Gasteiger partial charge on any atom is -0.756 e. The van der Waals surface area contributed by atoms with Gasteiger partial charge in [0.25, 0.3) is 7.82 Å². The minimum absolute atomic E-state index is 0.0550. The fourth-order valence-corrected chi connectivity index (χ4v) is 4.99. The van der Waals surface area contributed by atoms with E-state index in [9.17, 15) is 14.6 Å². The highest BCUT2D eigenvalue weighted by atomic mass is 31.2. The monoisotopic (exact) mass is 431 g/mol. The highest BCUT2D eigenvalue weighted by Gasteiger charge is 2.49. The molecule has 1 aromatic carbocycles. The highest BCUT2D eigenvalue weighted by Crippen LogP contribution is 2.40. The number of aliphatic hydroxyl groups excluding tert-OH is 1. The molecule has 5 atom stereocenters. The lowest BCUT2D eigenvalue weighted by molar-refractivity contribution is -0.959. The molecule has 1 heterocycles. The van der Waals surface area contributed by atoms with Crippen LogP contribution in [0, 0.1) is 0 Å². The van der Waals surface area contributed by atoms with Crippen LogP contribution in [0.3, 0.4) is 0 Å². The topological polar surface area (TPSA) is 118 Å². The second-order valence-electron chi connectivity index (χ2n) is 7.82. The number of rotatable bonds is 8. The zero-order valence-corrected chi connectivity index (χ0v) is 17.8. The van der Waals surface area contributed by atoms with E-state index >= 15 is 0 Å². The van der Waals surface area contributed by atoms with Crippen molar-refractivity contribution in [2.24, 2.45) is 0 Å². The van der Waals surface area contributed by atoms with Crippen LogP contribution in [0.2, 0.25) is 0 Å². The van der Waals surface area contributed by atoms with Gasteiger partial charge in [-0.1, -0.05) is 0 Å². The lowest BCUT2D eigenvalue weighted by atomic mass is 9.89. The Morgan fingerprint density at radius 1 is 1.17 bits per heavy atom. The van der Waals surface area contributed by atoms with Gasteiger partial charge in [-0.05, 0) is 31.4 Å². The van der Waals surface area contributed by atoms with Gasteiger partial charge in [0.15, 0.2) is 24.3 Å². The Hall–Kier alpha value is -1.35. The van der Waals surface area contributed by atoms with E-state index in [4.69, 9.17) is 23.6 Å². The van der Waals surface area contributed by atoms with Gasteiger partial charge in [0.1, 0.15) is 24.4 Å². The van der Waals surface area contributed by atoms with Gasteiger partial charge in [0.05, 0.1) is 20.8 Å². The van der Waals surface area contributed by atoms with Crippen LogP contribution >= 0.6 is 7.82 Å². The van der Waals surface area contributed by atoms with Crippen molar-refractivity contribution in [3.8, 4) is 17.2 Å². The molecule has 29 heavy (non-hydrogen) atoms. The van der Waals surface area contributed by atoms with E-state index in [0.717, 1.165) is 25.7 Å². The number of hydrogen-bond donors (Lipinski definition) is 2. The van der Waals surface area contributed by atoms with Gasteiger partial charge >= 0.3 is 0 Å². The molecule has 3 rings (SSSR count). The molecule has 2 N–H and O–H groups in total. The average molecular weight is 431 g/mol. The first-order valence-electron chi connectivity index (χ1n) is 9.87. The first-order chi connectivity index (χ1) is 13.8. The summed E-state index contributed by atoms with van der Waals surface area (Å²) in [6.45, 7) is 0.735. The normalized spacial score (nSPS) is 31.8. The maximum atomic E-state index is 11.2. The lowest BCUT2D eigenvalue weighted by Gasteiger charge is -2.46. The summed E-state index contributed by atoms with van der Waals surface area (Å²) in [6.07, 6.45) is 3.45. The van der Waals surface area contributed by atoms with Crippen LogP contribution in [0.25, 0.3) is 0 Å². The van der Waals surface area contributed by atoms with Crippen LogP contribution < -0.4 is 19.1 Å². The number of benzene rings is 1.